The molecule has 0 amide bonds. The van der Waals surface area contributed by atoms with Gasteiger partial charge in [-0.2, -0.15) is 0 Å². The van der Waals surface area contributed by atoms with Crippen LogP contribution < -0.4 is 5.73 Å². The predicted molar refractivity (Wildman–Crippen MR) is 46.4 cm³/mol. The molecule has 0 fully saturated rings. The number of hydrogen-bond acceptors (Lipinski definition) is 2. The van der Waals surface area contributed by atoms with Gasteiger partial charge in [-0.1, -0.05) is 23.2 Å². The zero-order chi connectivity index (χ0) is 7.72. The molecule has 0 unspecified atom stereocenters. The summed E-state index contributed by atoms with van der Waals surface area (Å²) < 4.78 is 0.647. The maximum atomic E-state index is 5.61. The van der Waals surface area contributed by atoms with Crippen LogP contribution in [0.3, 0.4) is 0 Å². The van der Waals surface area contributed by atoms with E-state index in [1.165, 1.54) is 0 Å². The molecule has 0 aliphatic rings. The molecule has 0 radical (unpaired) electrons. The Hall–Kier alpha value is 0.01000. The van der Waals surface area contributed by atoms with E-state index in [9.17, 15) is 0 Å². The van der Waals surface area contributed by atoms with E-state index in [1.807, 2.05) is 0 Å². The summed E-state index contributed by atoms with van der Waals surface area (Å²) in [6, 6.07) is 1.60. The molecule has 0 saturated carbocycles. The van der Waals surface area contributed by atoms with Gasteiger partial charge < -0.3 is 5.73 Å². The van der Waals surface area contributed by atoms with E-state index >= 15 is 0 Å². The molecule has 54 valence electrons. The number of hydrogen-bond donors (Lipinski definition) is 1. The Kier molecular flexibility index (Phi) is 2.39. The molecular weight excluding hydrogens is 239 g/mol. The van der Waals surface area contributed by atoms with Crippen molar-refractivity contribution in [3.63, 3.8) is 0 Å². The van der Waals surface area contributed by atoms with Crippen molar-refractivity contribution in [3.05, 3.63) is 20.7 Å². The smallest absolute Gasteiger partial charge is 0.145 e. The first-order chi connectivity index (χ1) is 4.61. The SMILES string of the molecule is Nc1nc(Cl)c(Br)cc1Cl. The number of pyridine rings is 1. The molecule has 1 aromatic rings. The Balaban J connectivity index is 3.28. The van der Waals surface area contributed by atoms with Crippen LogP contribution in [0.15, 0.2) is 10.5 Å². The number of nitrogens with zero attached hydrogens (tertiary/aromatic N) is 1. The Bertz CT molecular complexity index is 214. The second-order valence-electron chi connectivity index (χ2n) is 1.63. The predicted octanol–water partition coefficient (Wildman–Crippen LogP) is 2.73. The third-order valence-corrected chi connectivity index (χ3v) is 2.34. The molecule has 5 heteroatoms. The fraction of sp³-hybridized carbons (Fsp3) is 0. The summed E-state index contributed by atoms with van der Waals surface area (Å²) in [5.41, 5.74) is 5.34. The minimum Gasteiger partial charge on any atom is -0.382 e. The maximum absolute atomic E-state index is 5.61. The van der Waals surface area contributed by atoms with Gasteiger partial charge in [0.05, 0.1) is 9.50 Å². The minimum atomic E-state index is 0.245. The zero-order valence-electron chi connectivity index (χ0n) is 4.74. The second-order valence-corrected chi connectivity index (χ2v) is 3.25. The van der Waals surface area contributed by atoms with E-state index in [-0.39, 0.29) is 5.82 Å². The average molecular weight is 242 g/mol. The maximum Gasteiger partial charge on any atom is 0.145 e. The number of nitrogens with two attached hydrogens (primary N) is 1. The van der Waals surface area contributed by atoms with Crippen molar-refractivity contribution >= 4 is 44.9 Å². The van der Waals surface area contributed by atoms with Gasteiger partial charge in [0.15, 0.2) is 0 Å². The van der Waals surface area contributed by atoms with E-state index in [0.29, 0.717) is 14.6 Å². The van der Waals surface area contributed by atoms with Gasteiger partial charge in [0.2, 0.25) is 0 Å². The largest absolute Gasteiger partial charge is 0.382 e. The lowest BCUT2D eigenvalue weighted by molar-refractivity contribution is 1.32. The summed E-state index contributed by atoms with van der Waals surface area (Å²) in [5.74, 6) is 0.245. The van der Waals surface area contributed by atoms with Crippen LogP contribution in [-0.4, -0.2) is 4.98 Å². The highest BCUT2D eigenvalue weighted by atomic mass is 79.9. The van der Waals surface area contributed by atoms with Gasteiger partial charge in [-0.15, -0.1) is 0 Å². The summed E-state index contributed by atoms with van der Waals surface area (Å²) in [5, 5.41) is 0.721. The third-order valence-electron chi connectivity index (χ3n) is 0.914. The Morgan fingerprint density at radius 1 is 1.50 bits per heavy atom. The molecule has 2 nitrogen and oxygen atoms in total. The lowest BCUT2D eigenvalue weighted by Crippen LogP contribution is -1.91. The summed E-state index contributed by atoms with van der Waals surface area (Å²) in [6.07, 6.45) is 0. The fourth-order valence-corrected chi connectivity index (χ4v) is 1.20. The van der Waals surface area contributed by atoms with Gasteiger partial charge in [0.25, 0.3) is 0 Å². The van der Waals surface area contributed by atoms with Crippen LogP contribution in [0.25, 0.3) is 0 Å². The molecule has 1 heterocycles. The van der Waals surface area contributed by atoms with Gasteiger partial charge >= 0.3 is 0 Å². The summed E-state index contributed by atoms with van der Waals surface area (Å²) in [4.78, 5) is 3.74. The van der Waals surface area contributed by atoms with Crippen molar-refractivity contribution in [2.75, 3.05) is 5.73 Å². The van der Waals surface area contributed by atoms with Crippen LogP contribution in [-0.2, 0) is 0 Å². The second kappa shape index (κ2) is 2.95. The summed E-state index contributed by atoms with van der Waals surface area (Å²) in [7, 11) is 0. The van der Waals surface area contributed by atoms with Crippen molar-refractivity contribution in [2.45, 2.75) is 0 Å². The van der Waals surface area contributed by atoms with Crippen molar-refractivity contribution in [3.8, 4) is 0 Å². The van der Waals surface area contributed by atoms with Gasteiger partial charge in [0.1, 0.15) is 11.0 Å². The van der Waals surface area contributed by atoms with Gasteiger partial charge in [0, 0.05) is 0 Å². The molecule has 0 aromatic carbocycles. The van der Waals surface area contributed by atoms with E-state index in [0.717, 1.165) is 0 Å². The Labute approximate surface area is 76.5 Å². The molecule has 0 aliphatic heterocycles. The molecule has 1 aromatic heterocycles. The van der Waals surface area contributed by atoms with Crippen LogP contribution in [0.1, 0.15) is 0 Å². The lowest BCUT2D eigenvalue weighted by atomic mass is 10.5. The molecule has 1 rings (SSSR count). The van der Waals surface area contributed by atoms with E-state index in [2.05, 4.69) is 20.9 Å². The highest BCUT2D eigenvalue weighted by Crippen LogP contribution is 2.26. The first kappa shape index (κ1) is 8.11. The van der Waals surface area contributed by atoms with Crippen LogP contribution in [0.4, 0.5) is 5.82 Å². The molecule has 0 bridgehead atoms. The Morgan fingerprint density at radius 3 is 2.60 bits per heavy atom. The standard InChI is InChI=1S/C5H3BrCl2N2/c6-2-1-3(7)5(9)10-4(2)8/h1H,(H2,9,10). The van der Waals surface area contributed by atoms with E-state index < -0.39 is 0 Å². The van der Waals surface area contributed by atoms with Crippen LogP contribution in [0.2, 0.25) is 10.2 Å². The van der Waals surface area contributed by atoms with Crippen molar-refractivity contribution in [1.82, 2.24) is 4.98 Å². The fourth-order valence-electron chi connectivity index (χ4n) is 0.457. The molecule has 10 heavy (non-hydrogen) atoms. The number of anilines is 1. The first-order valence-electron chi connectivity index (χ1n) is 2.38. The monoisotopic (exact) mass is 240 g/mol. The van der Waals surface area contributed by atoms with Crippen LogP contribution in [0, 0.1) is 0 Å². The lowest BCUT2D eigenvalue weighted by Gasteiger charge is -1.98. The van der Waals surface area contributed by atoms with Crippen molar-refractivity contribution in [2.24, 2.45) is 0 Å². The van der Waals surface area contributed by atoms with E-state index in [4.69, 9.17) is 28.9 Å². The summed E-state index contributed by atoms with van der Waals surface area (Å²) >= 11 is 14.3. The van der Waals surface area contributed by atoms with Crippen LogP contribution in [0.5, 0.6) is 0 Å². The molecule has 0 saturated heterocycles. The number of rotatable bonds is 0. The first-order valence-corrected chi connectivity index (χ1v) is 3.93. The van der Waals surface area contributed by atoms with Crippen LogP contribution >= 0.6 is 39.1 Å². The molecule has 0 spiro atoms. The van der Waals surface area contributed by atoms with Gasteiger partial charge in [-0.05, 0) is 22.0 Å². The van der Waals surface area contributed by atoms with Gasteiger partial charge in [-0.3, -0.25) is 0 Å². The average Bonchev–Trinajstić information content (AvgIpc) is 1.84. The third kappa shape index (κ3) is 1.54. The molecular formula is C5H3BrCl2N2. The molecule has 2 N–H and O–H groups in total. The topological polar surface area (TPSA) is 38.9 Å². The normalized spacial score (nSPS) is 9.90. The van der Waals surface area contributed by atoms with Crippen molar-refractivity contribution < 1.29 is 0 Å². The quantitative estimate of drug-likeness (QED) is 0.710. The number of aromatic nitrogens is 1. The highest BCUT2D eigenvalue weighted by Gasteiger charge is 2.02. The summed E-state index contributed by atoms with van der Waals surface area (Å²) in [6.45, 7) is 0. The van der Waals surface area contributed by atoms with Gasteiger partial charge in [-0.25, -0.2) is 4.98 Å². The zero-order valence-corrected chi connectivity index (χ0v) is 7.83. The number of nitrogen functional groups attached to an aromatic ring is 1. The number of halogens is 3. The molecule has 0 aliphatic carbocycles. The Morgan fingerprint density at radius 2 is 2.10 bits per heavy atom. The minimum absolute atomic E-state index is 0.245. The van der Waals surface area contributed by atoms with Crippen molar-refractivity contribution in [1.29, 1.82) is 0 Å². The van der Waals surface area contributed by atoms with E-state index in [1.54, 1.807) is 6.07 Å². The highest BCUT2D eigenvalue weighted by molar-refractivity contribution is 9.10. The molecule has 0 atom stereocenters.